The third-order valence-electron chi connectivity index (χ3n) is 5.57. The van der Waals surface area contributed by atoms with Crippen molar-refractivity contribution in [2.75, 3.05) is 27.2 Å². The van der Waals surface area contributed by atoms with Crippen molar-refractivity contribution in [3.8, 4) is 5.75 Å². The molecule has 0 saturated carbocycles. The fourth-order valence-electron chi connectivity index (χ4n) is 3.79. The molecule has 9 heteroatoms. The van der Waals surface area contributed by atoms with E-state index >= 15 is 0 Å². The van der Waals surface area contributed by atoms with Gasteiger partial charge in [-0.15, -0.1) is 0 Å². The number of aromatic amines is 1. The molecule has 0 unspecified atom stereocenters. The lowest BCUT2D eigenvalue weighted by molar-refractivity contribution is -0.143. The molecular formula is C23H22N4O5. The molecular weight excluding hydrogens is 412 g/mol. The molecule has 1 atom stereocenters. The van der Waals surface area contributed by atoms with Crippen LogP contribution in [0.4, 0.5) is 4.79 Å². The first-order valence-corrected chi connectivity index (χ1v) is 10.0. The molecule has 0 spiro atoms. The number of fused-ring (bicyclic) bond motifs is 1. The molecule has 1 saturated heterocycles. The first-order chi connectivity index (χ1) is 15.4. The maximum absolute atomic E-state index is 12.6. The first kappa shape index (κ1) is 21.1. The normalized spacial score (nSPS) is 14.9. The fourth-order valence-corrected chi connectivity index (χ4v) is 3.79. The number of benzene rings is 2. The van der Waals surface area contributed by atoms with Crippen LogP contribution in [0.25, 0.3) is 10.9 Å². The summed E-state index contributed by atoms with van der Waals surface area (Å²) in [7, 11) is 2.80. The molecule has 1 fully saturated rings. The van der Waals surface area contributed by atoms with E-state index in [1.165, 1.54) is 7.05 Å². The Hall–Kier alpha value is -4.14. The van der Waals surface area contributed by atoms with Crippen LogP contribution < -0.4 is 10.1 Å². The van der Waals surface area contributed by atoms with E-state index in [2.05, 4.69) is 10.3 Å². The summed E-state index contributed by atoms with van der Waals surface area (Å²) < 4.78 is 5.24. The second-order valence-corrected chi connectivity index (χ2v) is 7.46. The number of amides is 5. The lowest BCUT2D eigenvalue weighted by atomic mass is 9.90. The van der Waals surface area contributed by atoms with Gasteiger partial charge in [-0.1, -0.05) is 30.3 Å². The van der Waals surface area contributed by atoms with E-state index in [0.717, 1.165) is 27.8 Å². The summed E-state index contributed by atoms with van der Waals surface area (Å²) in [6, 6.07) is 14.6. The van der Waals surface area contributed by atoms with Gasteiger partial charge in [0.25, 0.3) is 0 Å². The largest absolute Gasteiger partial charge is 0.497 e. The van der Waals surface area contributed by atoms with Gasteiger partial charge >= 0.3 is 17.8 Å². The molecule has 2 N–H and O–H groups in total. The minimum Gasteiger partial charge on any atom is -0.497 e. The lowest BCUT2D eigenvalue weighted by Crippen LogP contribution is -2.42. The Kier molecular flexibility index (Phi) is 5.63. The van der Waals surface area contributed by atoms with Crippen LogP contribution in [0, 0.1) is 0 Å². The number of carbonyl (C=O) groups is 4. The average Bonchev–Trinajstić information content (AvgIpc) is 3.31. The highest BCUT2D eigenvalue weighted by Crippen LogP contribution is 2.31. The molecule has 1 aliphatic heterocycles. The number of nitrogens with zero attached hydrogens (tertiary/aromatic N) is 2. The van der Waals surface area contributed by atoms with Crippen LogP contribution in [0.2, 0.25) is 0 Å². The van der Waals surface area contributed by atoms with Crippen LogP contribution in [0.3, 0.4) is 0 Å². The first-order valence-electron chi connectivity index (χ1n) is 10.0. The Morgan fingerprint density at radius 2 is 1.78 bits per heavy atom. The van der Waals surface area contributed by atoms with Gasteiger partial charge in [0.15, 0.2) is 0 Å². The summed E-state index contributed by atoms with van der Waals surface area (Å²) in [6.45, 7) is -0.288. The van der Waals surface area contributed by atoms with Gasteiger partial charge < -0.3 is 15.0 Å². The second kappa shape index (κ2) is 8.54. The number of likely N-dealkylation sites (N-methyl/N-ethyl adjacent to an activating group) is 1. The molecule has 32 heavy (non-hydrogen) atoms. The van der Waals surface area contributed by atoms with Gasteiger partial charge in [0.1, 0.15) is 12.3 Å². The number of methoxy groups -OCH3 is 1. The number of ether oxygens (including phenoxy) is 1. The van der Waals surface area contributed by atoms with Crippen LogP contribution >= 0.6 is 0 Å². The molecule has 0 radical (unpaired) electrons. The van der Waals surface area contributed by atoms with Crippen molar-refractivity contribution < 1.29 is 23.9 Å². The number of carbonyl (C=O) groups excluding carboxylic acids is 4. The Balaban J connectivity index is 1.56. The van der Waals surface area contributed by atoms with Gasteiger partial charge in [0.05, 0.1) is 7.11 Å². The van der Waals surface area contributed by atoms with Crippen LogP contribution in [0.5, 0.6) is 5.75 Å². The van der Waals surface area contributed by atoms with E-state index in [9.17, 15) is 19.2 Å². The van der Waals surface area contributed by atoms with E-state index in [1.54, 1.807) is 7.11 Å². The summed E-state index contributed by atoms with van der Waals surface area (Å²) >= 11 is 0. The summed E-state index contributed by atoms with van der Waals surface area (Å²) in [5.74, 6) is -1.97. The standard InChI is InChI=1S/C23H22N4O5/c1-26-21(29)22(30)27(23(26)31)13-20(28)25-11-17(14-7-9-15(32-2)10-8-14)18-12-24-19-6-4-3-5-16(18)19/h3-10,12,17,24H,11,13H2,1-2H3,(H,25,28)/t17-/m1/s1. The Morgan fingerprint density at radius 3 is 2.44 bits per heavy atom. The Bertz CT molecular complexity index is 1200. The van der Waals surface area contributed by atoms with E-state index in [0.29, 0.717) is 9.80 Å². The van der Waals surface area contributed by atoms with Crippen molar-refractivity contribution in [3.05, 3.63) is 65.9 Å². The van der Waals surface area contributed by atoms with Crippen molar-refractivity contribution in [3.63, 3.8) is 0 Å². The smallest absolute Gasteiger partial charge is 0.334 e. The third-order valence-corrected chi connectivity index (χ3v) is 5.57. The van der Waals surface area contributed by atoms with E-state index in [-0.39, 0.29) is 12.5 Å². The molecule has 2 aromatic carbocycles. The van der Waals surface area contributed by atoms with Gasteiger partial charge in [0.2, 0.25) is 5.91 Å². The summed E-state index contributed by atoms with van der Waals surface area (Å²) in [4.78, 5) is 52.8. The zero-order valence-electron chi connectivity index (χ0n) is 17.6. The molecule has 0 bridgehead atoms. The maximum atomic E-state index is 12.6. The van der Waals surface area contributed by atoms with Crippen molar-refractivity contribution in [1.29, 1.82) is 0 Å². The third kappa shape index (κ3) is 3.80. The number of rotatable bonds is 7. The van der Waals surface area contributed by atoms with Gasteiger partial charge in [0, 0.05) is 36.6 Å². The summed E-state index contributed by atoms with van der Waals surface area (Å²) in [6.07, 6.45) is 1.91. The van der Waals surface area contributed by atoms with Gasteiger partial charge in [-0.25, -0.2) is 9.69 Å². The van der Waals surface area contributed by atoms with Crippen LogP contribution in [0.15, 0.2) is 54.7 Å². The number of imide groups is 2. The predicted molar refractivity (Wildman–Crippen MR) is 116 cm³/mol. The SMILES string of the molecule is COc1ccc([C@@H](CNC(=O)CN2C(=O)C(=O)N(C)C2=O)c2c[nH]c3ccccc23)cc1. The minimum atomic E-state index is -1.00. The number of hydrogen-bond donors (Lipinski definition) is 2. The molecule has 1 aromatic heterocycles. The second-order valence-electron chi connectivity index (χ2n) is 7.46. The maximum Gasteiger partial charge on any atom is 0.334 e. The van der Waals surface area contributed by atoms with Crippen molar-refractivity contribution in [2.45, 2.75) is 5.92 Å². The molecule has 164 valence electrons. The number of aromatic nitrogens is 1. The molecule has 2 heterocycles. The van der Waals surface area contributed by atoms with Crippen LogP contribution in [-0.4, -0.2) is 65.8 Å². The topological polar surface area (TPSA) is 112 Å². The number of nitrogens with one attached hydrogen (secondary N) is 2. The molecule has 9 nitrogen and oxygen atoms in total. The zero-order chi connectivity index (χ0) is 22.8. The van der Waals surface area contributed by atoms with Crippen molar-refractivity contribution >= 4 is 34.7 Å². The summed E-state index contributed by atoms with van der Waals surface area (Å²) in [5.41, 5.74) is 2.93. The molecule has 1 aliphatic rings. The van der Waals surface area contributed by atoms with Crippen molar-refractivity contribution in [1.82, 2.24) is 20.1 Å². The molecule has 0 aliphatic carbocycles. The molecule has 5 amide bonds. The Labute approximate surface area is 183 Å². The van der Waals surface area contributed by atoms with Gasteiger partial charge in [-0.05, 0) is 29.3 Å². The van der Waals surface area contributed by atoms with Crippen LogP contribution in [0.1, 0.15) is 17.0 Å². The average molecular weight is 434 g/mol. The number of urea groups is 1. The Morgan fingerprint density at radius 1 is 1.06 bits per heavy atom. The fraction of sp³-hybridized carbons (Fsp3) is 0.217. The van der Waals surface area contributed by atoms with E-state index < -0.39 is 30.3 Å². The number of hydrogen-bond acceptors (Lipinski definition) is 5. The van der Waals surface area contributed by atoms with Gasteiger partial charge in [-0.3, -0.25) is 19.3 Å². The van der Waals surface area contributed by atoms with Crippen LogP contribution in [-0.2, 0) is 14.4 Å². The highest BCUT2D eigenvalue weighted by Gasteiger charge is 2.43. The highest BCUT2D eigenvalue weighted by molar-refractivity contribution is 6.44. The molecule has 4 rings (SSSR count). The van der Waals surface area contributed by atoms with Gasteiger partial charge in [-0.2, -0.15) is 0 Å². The minimum absolute atomic E-state index is 0.199. The summed E-state index contributed by atoms with van der Waals surface area (Å²) in [5, 5.41) is 3.83. The quantitative estimate of drug-likeness (QED) is 0.435. The lowest BCUT2D eigenvalue weighted by Gasteiger charge is -2.19. The highest BCUT2D eigenvalue weighted by atomic mass is 16.5. The monoisotopic (exact) mass is 434 g/mol. The number of H-pyrrole nitrogens is 1. The number of para-hydroxylation sites is 1. The van der Waals surface area contributed by atoms with E-state index in [4.69, 9.17) is 4.74 Å². The van der Waals surface area contributed by atoms with Crippen molar-refractivity contribution in [2.24, 2.45) is 0 Å². The van der Waals surface area contributed by atoms with E-state index in [1.807, 2.05) is 54.7 Å². The zero-order valence-corrected chi connectivity index (χ0v) is 17.6. The predicted octanol–water partition coefficient (Wildman–Crippen LogP) is 1.85. The molecule has 3 aromatic rings.